The molecule has 0 N–H and O–H groups in total. The molecule has 0 aliphatic heterocycles. The third kappa shape index (κ3) is 2.57. The molecule has 0 radical (unpaired) electrons. The van der Waals surface area contributed by atoms with Crippen LogP contribution in [0.2, 0.25) is 0 Å². The second-order valence-electron chi connectivity index (χ2n) is 4.46. The zero-order chi connectivity index (χ0) is 10.0. The van der Waals surface area contributed by atoms with Crippen LogP contribution in [0.3, 0.4) is 0 Å². The van der Waals surface area contributed by atoms with E-state index in [-0.39, 0.29) is 0 Å². The Balaban J connectivity index is 2.88. The summed E-state index contributed by atoms with van der Waals surface area (Å²) in [7, 11) is 0. The minimum Gasteiger partial charge on any atom is -0.145 e. The Morgan fingerprint density at radius 3 is 1.85 bits per heavy atom. The third-order valence-electron chi connectivity index (χ3n) is 2.53. The molecule has 1 aromatic rings. The van der Waals surface area contributed by atoms with Gasteiger partial charge < -0.3 is 0 Å². The van der Waals surface area contributed by atoms with Crippen molar-refractivity contribution in [3.05, 3.63) is 21.9 Å². The molecule has 0 atom stereocenters. The van der Waals surface area contributed by atoms with Gasteiger partial charge in [0.05, 0.1) is 0 Å². The fraction of sp³-hybridized carbons (Fsp3) is 0.667. The number of hydrogen-bond acceptors (Lipinski definition) is 1. The van der Waals surface area contributed by atoms with Gasteiger partial charge in [-0.25, -0.2) is 0 Å². The minimum absolute atomic E-state index is 0.735. The van der Waals surface area contributed by atoms with E-state index in [9.17, 15) is 0 Å². The number of hydrogen-bond donors (Lipinski definition) is 0. The van der Waals surface area contributed by atoms with Gasteiger partial charge >= 0.3 is 0 Å². The summed E-state index contributed by atoms with van der Waals surface area (Å²) in [5.74, 6) is 2.23. The van der Waals surface area contributed by atoms with Gasteiger partial charge in [-0.2, -0.15) is 0 Å². The Morgan fingerprint density at radius 1 is 1.00 bits per heavy atom. The highest BCUT2D eigenvalue weighted by molar-refractivity contribution is 7.12. The molecular weight excluding hydrogens is 176 g/mol. The number of rotatable bonds is 3. The summed E-state index contributed by atoms with van der Waals surface area (Å²) in [6.45, 7) is 11.5. The van der Waals surface area contributed by atoms with Gasteiger partial charge in [0.2, 0.25) is 0 Å². The molecule has 74 valence electrons. The van der Waals surface area contributed by atoms with E-state index in [1.54, 1.807) is 4.88 Å². The topological polar surface area (TPSA) is 0 Å². The summed E-state index contributed by atoms with van der Waals surface area (Å²) in [6, 6.07) is 4.53. The first-order valence-corrected chi connectivity index (χ1v) is 5.90. The minimum atomic E-state index is 0.735. The fourth-order valence-electron chi connectivity index (χ4n) is 2.06. The van der Waals surface area contributed by atoms with E-state index in [4.69, 9.17) is 0 Å². The molecule has 1 aromatic heterocycles. The Morgan fingerprint density at radius 2 is 1.54 bits per heavy atom. The normalized spacial score (nSPS) is 12.0. The quantitative estimate of drug-likeness (QED) is 0.670. The van der Waals surface area contributed by atoms with E-state index in [1.165, 1.54) is 4.88 Å². The van der Waals surface area contributed by atoms with Crippen molar-refractivity contribution in [1.29, 1.82) is 0 Å². The van der Waals surface area contributed by atoms with E-state index in [0.717, 1.165) is 17.8 Å². The summed E-state index contributed by atoms with van der Waals surface area (Å²) >= 11 is 1.95. The average Bonchev–Trinajstić information content (AvgIpc) is 2.34. The van der Waals surface area contributed by atoms with Crippen LogP contribution >= 0.6 is 11.3 Å². The lowest BCUT2D eigenvalue weighted by Gasteiger charge is -2.23. The Hall–Kier alpha value is -0.300. The lowest BCUT2D eigenvalue weighted by molar-refractivity contribution is 0.393. The third-order valence-corrected chi connectivity index (χ3v) is 3.63. The highest BCUT2D eigenvalue weighted by atomic mass is 32.1. The molecule has 0 aromatic carbocycles. The first-order valence-electron chi connectivity index (χ1n) is 5.08. The molecule has 1 heterocycles. The summed E-state index contributed by atoms with van der Waals surface area (Å²) < 4.78 is 0. The van der Waals surface area contributed by atoms with Crippen molar-refractivity contribution < 1.29 is 0 Å². The predicted octanol–water partition coefficient (Wildman–Crippen LogP) is 4.45. The van der Waals surface area contributed by atoms with Crippen molar-refractivity contribution in [2.75, 3.05) is 0 Å². The summed E-state index contributed by atoms with van der Waals surface area (Å²) in [4.78, 5) is 2.99. The lowest BCUT2D eigenvalue weighted by Crippen LogP contribution is -2.11. The average molecular weight is 196 g/mol. The van der Waals surface area contributed by atoms with Crippen molar-refractivity contribution in [1.82, 2.24) is 0 Å². The van der Waals surface area contributed by atoms with Crippen molar-refractivity contribution in [3.63, 3.8) is 0 Å². The molecule has 1 rings (SSSR count). The molecule has 0 amide bonds. The van der Waals surface area contributed by atoms with Gasteiger partial charge in [-0.15, -0.1) is 11.3 Å². The molecule has 0 bridgehead atoms. The molecular formula is C12H20S. The van der Waals surface area contributed by atoms with E-state index >= 15 is 0 Å². The summed E-state index contributed by atoms with van der Waals surface area (Å²) in [5, 5.41) is 0. The smallest absolute Gasteiger partial charge is 0.00841 e. The van der Waals surface area contributed by atoms with Crippen LogP contribution in [0.1, 0.15) is 43.4 Å². The van der Waals surface area contributed by atoms with E-state index in [0.29, 0.717) is 0 Å². The van der Waals surface area contributed by atoms with Gasteiger partial charge in [0.1, 0.15) is 0 Å². The SMILES string of the molecule is Cc1ccc(C(C(C)C)C(C)C)s1. The molecule has 0 saturated heterocycles. The lowest BCUT2D eigenvalue weighted by atomic mass is 9.84. The molecule has 13 heavy (non-hydrogen) atoms. The van der Waals surface area contributed by atoms with Crippen LogP contribution in [0, 0.1) is 18.8 Å². The Labute approximate surface area is 86.0 Å². The van der Waals surface area contributed by atoms with Gasteiger partial charge in [0.25, 0.3) is 0 Å². The molecule has 0 fully saturated rings. The number of aryl methyl sites for hydroxylation is 1. The van der Waals surface area contributed by atoms with Gasteiger partial charge in [-0.1, -0.05) is 27.7 Å². The maximum absolute atomic E-state index is 2.32. The Bertz CT molecular complexity index is 250. The predicted molar refractivity (Wildman–Crippen MR) is 61.5 cm³/mol. The maximum Gasteiger partial charge on any atom is 0.00841 e. The van der Waals surface area contributed by atoms with Crippen LogP contribution in [-0.2, 0) is 0 Å². The maximum atomic E-state index is 2.32. The van der Waals surface area contributed by atoms with E-state index in [1.807, 2.05) is 11.3 Å². The first-order chi connectivity index (χ1) is 6.02. The summed E-state index contributed by atoms with van der Waals surface area (Å²) in [6.07, 6.45) is 0. The standard InChI is InChI=1S/C12H20S/c1-8(2)12(9(3)4)11-7-6-10(5)13-11/h6-9,12H,1-5H3. The van der Waals surface area contributed by atoms with Gasteiger partial charge in [-0.05, 0) is 36.8 Å². The fourth-order valence-corrected chi connectivity index (χ4v) is 3.38. The largest absolute Gasteiger partial charge is 0.145 e. The second kappa shape index (κ2) is 4.28. The molecule has 1 heteroatoms. The molecule has 0 aliphatic carbocycles. The molecule has 0 spiro atoms. The Kier molecular flexibility index (Phi) is 3.55. The number of thiophene rings is 1. The van der Waals surface area contributed by atoms with Crippen molar-refractivity contribution in [2.45, 2.75) is 40.5 Å². The van der Waals surface area contributed by atoms with Gasteiger partial charge in [-0.3, -0.25) is 0 Å². The molecule has 0 nitrogen and oxygen atoms in total. The highest BCUT2D eigenvalue weighted by Crippen LogP contribution is 2.35. The summed E-state index contributed by atoms with van der Waals surface area (Å²) in [5.41, 5.74) is 0. The monoisotopic (exact) mass is 196 g/mol. The van der Waals surface area contributed by atoms with Crippen molar-refractivity contribution >= 4 is 11.3 Å². The van der Waals surface area contributed by atoms with E-state index < -0.39 is 0 Å². The molecule has 0 unspecified atom stereocenters. The van der Waals surface area contributed by atoms with Crippen LogP contribution in [0.4, 0.5) is 0 Å². The zero-order valence-electron chi connectivity index (χ0n) is 9.29. The van der Waals surface area contributed by atoms with Crippen LogP contribution in [0.25, 0.3) is 0 Å². The first kappa shape index (κ1) is 10.8. The van der Waals surface area contributed by atoms with Crippen molar-refractivity contribution in [3.8, 4) is 0 Å². The van der Waals surface area contributed by atoms with Gasteiger partial charge in [0.15, 0.2) is 0 Å². The van der Waals surface area contributed by atoms with Crippen molar-refractivity contribution in [2.24, 2.45) is 11.8 Å². The highest BCUT2D eigenvalue weighted by Gasteiger charge is 2.20. The van der Waals surface area contributed by atoms with Gasteiger partial charge in [0, 0.05) is 9.75 Å². The van der Waals surface area contributed by atoms with Crippen LogP contribution in [0.15, 0.2) is 12.1 Å². The van der Waals surface area contributed by atoms with Crippen LogP contribution < -0.4 is 0 Å². The molecule has 0 saturated carbocycles. The second-order valence-corrected chi connectivity index (χ2v) is 5.78. The molecule has 0 aliphatic rings. The van der Waals surface area contributed by atoms with E-state index in [2.05, 4.69) is 46.8 Å². The van der Waals surface area contributed by atoms with Crippen LogP contribution in [0.5, 0.6) is 0 Å². The zero-order valence-corrected chi connectivity index (χ0v) is 10.1. The van der Waals surface area contributed by atoms with Crippen LogP contribution in [-0.4, -0.2) is 0 Å².